The van der Waals surface area contributed by atoms with Crippen LogP contribution in [0.3, 0.4) is 0 Å². The van der Waals surface area contributed by atoms with Crippen molar-refractivity contribution >= 4 is 31.8 Å². The summed E-state index contributed by atoms with van der Waals surface area (Å²) in [7, 11) is -12.2. The molecule has 0 bridgehead atoms. The molecule has 0 fully saturated rings. The Bertz CT molecular complexity index is 1500. The number of alkyl halides is 6. The van der Waals surface area contributed by atoms with Crippen LogP contribution >= 0.6 is 0 Å². The summed E-state index contributed by atoms with van der Waals surface area (Å²) in [5.74, 6) is -0.152. The molecule has 0 aromatic carbocycles. The molecule has 256 valence electrons. The Hall–Kier alpha value is -3.18. The number of aromatic nitrogens is 4. The summed E-state index contributed by atoms with van der Waals surface area (Å²) in [6, 6.07) is 17.3. The standard InChI is InChI=1S/2C11H8N2O.2CHF3O3S.2Ag/c2*14-11(9-4-7-12-8-5-9)10-3-1-2-6-13-10;2*2-1(3,4)8(5,6)7;;/h2*1-8H;2*(H,5,6,7);;/q;;;;2*+1/p-2. The average molecular weight is 882 g/mol. The summed E-state index contributed by atoms with van der Waals surface area (Å²) in [6.07, 6.45) is 9.58. The maximum Gasteiger partial charge on any atom is 1.00 e. The van der Waals surface area contributed by atoms with Gasteiger partial charge >= 0.3 is 55.8 Å². The maximum absolute atomic E-state index is 11.8. The van der Waals surface area contributed by atoms with E-state index >= 15 is 0 Å². The quantitative estimate of drug-likeness (QED) is 0.0952. The van der Waals surface area contributed by atoms with Gasteiger partial charge in [0.2, 0.25) is 11.6 Å². The van der Waals surface area contributed by atoms with Crippen LogP contribution in [0, 0.1) is 0 Å². The van der Waals surface area contributed by atoms with Crippen molar-refractivity contribution in [2.45, 2.75) is 11.0 Å². The zero-order valence-electron chi connectivity index (χ0n) is 22.0. The Labute approximate surface area is 288 Å². The van der Waals surface area contributed by atoms with Crippen molar-refractivity contribution < 1.29 is 107 Å². The van der Waals surface area contributed by atoms with Crippen LogP contribution in [-0.4, -0.2) is 68.5 Å². The van der Waals surface area contributed by atoms with Crippen LogP contribution in [0.1, 0.15) is 32.1 Å². The molecule has 0 amide bonds. The van der Waals surface area contributed by atoms with E-state index in [1.165, 1.54) is 0 Å². The molecule has 0 aliphatic carbocycles. The van der Waals surface area contributed by atoms with Crippen molar-refractivity contribution in [3.63, 3.8) is 0 Å². The van der Waals surface area contributed by atoms with Gasteiger partial charge in [-0.3, -0.25) is 29.5 Å². The number of rotatable bonds is 4. The fourth-order valence-corrected chi connectivity index (χ4v) is 2.30. The van der Waals surface area contributed by atoms with Crippen LogP contribution in [0.25, 0.3) is 0 Å². The Balaban J connectivity index is 0. The van der Waals surface area contributed by atoms with Gasteiger partial charge in [-0.05, 0) is 48.5 Å². The van der Waals surface area contributed by atoms with Gasteiger partial charge in [-0.2, -0.15) is 26.3 Å². The molecule has 0 saturated carbocycles. The van der Waals surface area contributed by atoms with Gasteiger partial charge in [0.15, 0.2) is 20.2 Å². The minimum atomic E-state index is -6.09. The van der Waals surface area contributed by atoms with E-state index in [0.717, 1.165) is 0 Å². The van der Waals surface area contributed by atoms with E-state index < -0.39 is 31.3 Å². The second-order valence-electron chi connectivity index (χ2n) is 7.36. The first-order valence-corrected chi connectivity index (χ1v) is 13.8. The largest absolute Gasteiger partial charge is 1.00 e. The summed E-state index contributed by atoms with van der Waals surface area (Å²) in [4.78, 5) is 39.2. The smallest absolute Gasteiger partial charge is 0.741 e. The molecule has 0 N–H and O–H groups in total. The number of nitrogens with zero attached hydrogens (tertiary/aromatic N) is 4. The van der Waals surface area contributed by atoms with Crippen LogP contribution in [0.2, 0.25) is 0 Å². The molecule has 0 radical (unpaired) electrons. The molecule has 0 spiro atoms. The minimum absolute atomic E-state index is 0. The van der Waals surface area contributed by atoms with E-state index in [2.05, 4.69) is 19.9 Å². The van der Waals surface area contributed by atoms with Crippen LogP contribution in [0.15, 0.2) is 97.8 Å². The molecule has 46 heavy (non-hydrogen) atoms. The van der Waals surface area contributed by atoms with Crippen molar-refractivity contribution in [1.82, 2.24) is 19.9 Å². The van der Waals surface area contributed by atoms with Crippen LogP contribution in [-0.2, 0) is 65.0 Å². The molecule has 22 heteroatoms. The average Bonchev–Trinajstić information content (AvgIpc) is 2.97. The topological polar surface area (TPSA) is 200 Å². The van der Waals surface area contributed by atoms with Gasteiger partial charge in [0.25, 0.3) is 0 Å². The monoisotopic (exact) mass is 880 g/mol. The summed E-state index contributed by atoms with van der Waals surface area (Å²) in [5, 5.41) is 0. The normalized spacial score (nSPS) is 10.8. The van der Waals surface area contributed by atoms with E-state index in [0.29, 0.717) is 22.5 Å². The third-order valence-corrected chi connectivity index (χ3v) is 5.38. The van der Waals surface area contributed by atoms with Gasteiger partial charge in [-0.25, -0.2) is 16.8 Å². The number of pyridine rings is 4. The van der Waals surface area contributed by atoms with Crippen LogP contribution in [0.4, 0.5) is 26.3 Å². The molecule has 0 saturated heterocycles. The number of hydrogen-bond acceptors (Lipinski definition) is 12. The molecule has 0 aliphatic heterocycles. The van der Waals surface area contributed by atoms with Gasteiger partial charge in [0.05, 0.1) is 0 Å². The summed E-state index contributed by atoms with van der Waals surface area (Å²) in [5.41, 5.74) is -9.16. The fourth-order valence-electron chi connectivity index (χ4n) is 2.30. The minimum Gasteiger partial charge on any atom is -0.741 e. The van der Waals surface area contributed by atoms with Gasteiger partial charge in [-0.1, -0.05) is 12.1 Å². The fraction of sp³-hybridized carbons (Fsp3) is 0.0833. The summed E-state index contributed by atoms with van der Waals surface area (Å²) >= 11 is 0. The van der Waals surface area contributed by atoms with E-state index in [4.69, 9.17) is 25.9 Å². The second kappa shape index (κ2) is 20.1. The van der Waals surface area contributed by atoms with E-state index in [1.807, 2.05) is 0 Å². The summed E-state index contributed by atoms with van der Waals surface area (Å²) < 4.78 is 118. The van der Waals surface area contributed by atoms with Crippen molar-refractivity contribution in [3.8, 4) is 0 Å². The number of ketones is 2. The first-order valence-electron chi connectivity index (χ1n) is 11.0. The molecule has 0 unspecified atom stereocenters. The maximum atomic E-state index is 11.8. The molecule has 4 rings (SSSR count). The van der Waals surface area contributed by atoms with Gasteiger partial charge in [-0.15, -0.1) is 0 Å². The number of carbonyl (C=O) groups excluding carboxylic acids is 2. The number of halogens is 6. The van der Waals surface area contributed by atoms with E-state index in [1.54, 1.807) is 97.8 Å². The Morgan fingerprint density at radius 3 is 0.978 bits per heavy atom. The number of hydrogen-bond donors (Lipinski definition) is 0. The van der Waals surface area contributed by atoms with Gasteiger partial charge in [0.1, 0.15) is 11.4 Å². The van der Waals surface area contributed by atoms with Crippen LogP contribution < -0.4 is 0 Å². The molecule has 4 aromatic heterocycles. The van der Waals surface area contributed by atoms with E-state index in [-0.39, 0.29) is 56.3 Å². The van der Waals surface area contributed by atoms with Crippen molar-refractivity contribution in [2.75, 3.05) is 0 Å². The molecular weight excluding hydrogens is 866 g/mol. The van der Waals surface area contributed by atoms with Crippen molar-refractivity contribution in [1.29, 1.82) is 0 Å². The van der Waals surface area contributed by atoms with Crippen molar-refractivity contribution in [3.05, 3.63) is 120 Å². The molecule has 4 aromatic rings. The predicted octanol–water partition coefficient (Wildman–Crippen LogP) is 3.51. The molecule has 0 aliphatic rings. The zero-order chi connectivity index (χ0) is 33.6. The molecular formula is C24H16Ag2F6N4O8S2. The third kappa shape index (κ3) is 16.4. The summed E-state index contributed by atoms with van der Waals surface area (Å²) in [6.45, 7) is 0. The van der Waals surface area contributed by atoms with Gasteiger partial charge < -0.3 is 9.11 Å². The van der Waals surface area contributed by atoms with Crippen molar-refractivity contribution in [2.24, 2.45) is 0 Å². The molecule has 0 atom stereocenters. The Kier molecular flexibility index (Phi) is 19.7. The first-order chi connectivity index (χ1) is 20.3. The second-order valence-corrected chi connectivity index (χ2v) is 10.1. The SMILES string of the molecule is O=C(c1ccncc1)c1ccccn1.O=C(c1ccncc1)c1ccccn1.O=S(=O)([O-])C(F)(F)F.O=S(=O)([O-])C(F)(F)F.[Ag+].[Ag+]. The first kappa shape index (κ1) is 44.9. The number of carbonyl (C=O) groups is 2. The molecule has 12 nitrogen and oxygen atoms in total. The van der Waals surface area contributed by atoms with Gasteiger partial charge in [0, 0.05) is 48.3 Å². The zero-order valence-corrected chi connectivity index (χ0v) is 26.6. The Morgan fingerprint density at radius 2 is 0.783 bits per heavy atom. The van der Waals surface area contributed by atoms with Crippen LogP contribution in [0.5, 0.6) is 0 Å². The Morgan fingerprint density at radius 1 is 0.522 bits per heavy atom. The predicted molar refractivity (Wildman–Crippen MR) is 135 cm³/mol. The third-order valence-electron chi connectivity index (χ3n) is 4.25. The molecule has 4 heterocycles. The van der Waals surface area contributed by atoms with E-state index in [9.17, 15) is 35.9 Å².